The average Bonchev–Trinajstić information content (AvgIpc) is 3.33. The molecule has 2 heterocycles. The fourth-order valence-corrected chi connectivity index (χ4v) is 3.98. The van der Waals surface area contributed by atoms with Gasteiger partial charge in [-0.25, -0.2) is 0 Å². The van der Waals surface area contributed by atoms with Crippen molar-refractivity contribution in [2.24, 2.45) is 5.73 Å². The number of aromatic amines is 1. The molecule has 0 bridgehead atoms. The molecule has 0 saturated heterocycles. The summed E-state index contributed by atoms with van der Waals surface area (Å²) in [7, 11) is 0. The number of carbonyl (C=O) groups is 2. The minimum absolute atomic E-state index is 0.100. The van der Waals surface area contributed by atoms with E-state index in [9.17, 15) is 9.59 Å². The largest absolute Gasteiger partial charge is 0.369 e. The van der Waals surface area contributed by atoms with Gasteiger partial charge in [0.15, 0.2) is 5.78 Å². The zero-order valence-corrected chi connectivity index (χ0v) is 15.4. The van der Waals surface area contributed by atoms with Crippen LogP contribution in [0.5, 0.6) is 0 Å². The molecule has 27 heavy (non-hydrogen) atoms. The zero-order valence-electron chi connectivity index (χ0n) is 13.8. The van der Waals surface area contributed by atoms with Crippen LogP contribution in [-0.4, -0.2) is 21.7 Å². The number of fused-ring (bicyclic) bond motifs is 1. The topological polar surface area (TPSA) is 113 Å². The summed E-state index contributed by atoms with van der Waals surface area (Å²) in [4.78, 5) is 32.3. The minimum Gasteiger partial charge on any atom is -0.369 e. The number of primary amides is 1. The van der Waals surface area contributed by atoms with Crippen molar-refractivity contribution in [3.05, 3.63) is 63.0 Å². The van der Waals surface area contributed by atoms with Gasteiger partial charge >= 0.3 is 0 Å². The van der Waals surface area contributed by atoms with Crippen LogP contribution < -0.4 is 5.73 Å². The summed E-state index contributed by atoms with van der Waals surface area (Å²) in [6, 6.07) is 6.42. The predicted molar refractivity (Wildman–Crippen MR) is 101 cm³/mol. The molecule has 2 aromatic heterocycles. The van der Waals surface area contributed by atoms with Crippen molar-refractivity contribution in [1.82, 2.24) is 9.97 Å². The van der Waals surface area contributed by atoms with Gasteiger partial charge in [-0.15, -0.1) is 0 Å². The molecule has 3 aromatic rings. The van der Waals surface area contributed by atoms with E-state index in [1.165, 1.54) is 12.1 Å². The Morgan fingerprint density at radius 1 is 1.26 bits per heavy atom. The number of pyridine rings is 1. The number of aromatic nitrogens is 2. The number of ketones is 1. The van der Waals surface area contributed by atoms with Crippen LogP contribution in [0, 0.1) is 11.3 Å². The molecule has 1 aromatic carbocycles. The Labute approximate surface area is 163 Å². The van der Waals surface area contributed by atoms with Gasteiger partial charge in [-0.1, -0.05) is 23.2 Å². The van der Waals surface area contributed by atoms with Crippen LogP contribution in [0.3, 0.4) is 0 Å². The van der Waals surface area contributed by atoms with Crippen LogP contribution in [0.4, 0.5) is 0 Å². The third-order valence-electron chi connectivity index (χ3n) is 4.92. The summed E-state index contributed by atoms with van der Waals surface area (Å²) in [6.45, 7) is 0. The maximum atomic E-state index is 13.1. The van der Waals surface area contributed by atoms with Crippen molar-refractivity contribution < 1.29 is 9.59 Å². The van der Waals surface area contributed by atoms with Crippen LogP contribution >= 0.6 is 23.2 Å². The number of hydrogen-bond acceptors (Lipinski definition) is 4. The van der Waals surface area contributed by atoms with Crippen LogP contribution in [0.25, 0.3) is 10.9 Å². The summed E-state index contributed by atoms with van der Waals surface area (Å²) < 4.78 is 0. The molecule has 0 aliphatic heterocycles. The van der Waals surface area contributed by atoms with E-state index in [1.54, 1.807) is 18.5 Å². The molecule has 6 nitrogen and oxygen atoms in total. The minimum atomic E-state index is -0.783. The van der Waals surface area contributed by atoms with E-state index in [1.807, 2.05) is 6.07 Å². The van der Waals surface area contributed by atoms with Gasteiger partial charge in [0.05, 0.1) is 43.9 Å². The van der Waals surface area contributed by atoms with Crippen LogP contribution in [0.2, 0.25) is 10.0 Å². The van der Waals surface area contributed by atoms with E-state index in [4.69, 9.17) is 34.2 Å². The van der Waals surface area contributed by atoms with Crippen molar-refractivity contribution in [3.8, 4) is 6.07 Å². The number of amides is 1. The molecule has 0 radical (unpaired) electrons. The Balaban J connectivity index is 1.86. The third-order valence-corrected chi connectivity index (χ3v) is 5.52. The second-order valence-corrected chi connectivity index (χ2v) is 7.30. The van der Waals surface area contributed by atoms with Crippen molar-refractivity contribution in [2.45, 2.75) is 18.3 Å². The molecule has 0 atom stereocenters. The van der Waals surface area contributed by atoms with Gasteiger partial charge in [0.25, 0.3) is 0 Å². The number of nitrogens with one attached hydrogen (secondary N) is 1. The maximum absolute atomic E-state index is 13.1. The highest BCUT2D eigenvalue weighted by Gasteiger charge is 2.52. The zero-order chi connectivity index (χ0) is 19.3. The molecule has 4 rings (SSSR count). The van der Waals surface area contributed by atoms with Crippen molar-refractivity contribution in [3.63, 3.8) is 0 Å². The Hall–Kier alpha value is -2.88. The second kappa shape index (κ2) is 6.08. The molecule has 3 N–H and O–H groups in total. The first kappa shape index (κ1) is 17.5. The lowest BCUT2D eigenvalue weighted by molar-refractivity contribution is -0.120. The first-order valence-electron chi connectivity index (χ1n) is 8.09. The van der Waals surface area contributed by atoms with Crippen LogP contribution in [0.1, 0.15) is 40.0 Å². The van der Waals surface area contributed by atoms with Gasteiger partial charge in [0.2, 0.25) is 5.91 Å². The molecule has 1 fully saturated rings. The molecule has 8 heteroatoms. The van der Waals surface area contributed by atoms with Gasteiger partial charge in [-0.2, -0.15) is 5.26 Å². The van der Waals surface area contributed by atoms with Gasteiger partial charge in [-0.05, 0) is 31.0 Å². The number of rotatable bonds is 4. The highest BCUT2D eigenvalue weighted by molar-refractivity contribution is 6.41. The van der Waals surface area contributed by atoms with Gasteiger partial charge < -0.3 is 10.7 Å². The maximum Gasteiger partial charge on any atom is 0.229 e. The van der Waals surface area contributed by atoms with E-state index in [-0.39, 0.29) is 27.0 Å². The molecule has 1 aliphatic carbocycles. The molecule has 1 saturated carbocycles. The standard InChI is InChI=1S/C19H12Cl2N4O2/c20-12-5-9(7-22)6-13(21)14(12)16(26)11-8-25-15-10(11)1-4-24-17(15)19(2-3-19)18(23)27/h1,4-6,8,25H,2-3H2,(H2,23,27). The van der Waals surface area contributed by atoms with Gasteiger partial charge in [-0.3, -0.25) is 14.6 Å². The average molecular weight is 399 g/mol. The lowest BCUT2D eigenvalue weighted by atomic mass is 9.97. The molecular formula is C19H12Cl2N4O2. The monoisotopic (exact) mass is 398 g/mol. The van der Waals surface area contributed by atoms with Crippen LogP contribution in [-0.2, 0) is 10.2 Å². The van der Waals surface area contributed by atoms with Gasteiger partial charge in [0.1, 0.15) is 0 Å². The molecule has 1 amide bonds. The number of nitriles is 1. The van der Waals surface area contributed by atoms with E-state index < -0.39 is 11.3 Å². The lowest BCUT2D eigenvalue weighted by Gasteiger charge is -2.11. The molecule has 134 valence electrons. The molecular weight excluding hydrogens is 387 g/mol. The summed E-state index contributed by atoms with van der Waals surface area (Å²) >= 11 is 12.4. The van der Waals surface area contributed by atoms with E-state index in [0.717, 1.165) is 0 Å². The normalized spacial score (nSPS) is 14.7. The summed E-state index contributed by atoms with van der Waals surface area (Å²) in [5.74, 6) is -0.815. The Morgan fingerprint density at radius 3 is 2.48 bits per heavy atom. The van der Waals surface area contributed by atoms with Crippen LogP contribution in [0.15, 0.2) is 30.6 Å². The molecule has 0 unspecified atom stereocenters. The molecule has 0 spiro atoms. The number of carbonyl (C=O) groups excluding carboxylic acids is 2. The second-order valence-electron chi connectivity index (χ2n) is 6.49. The summed E-state index contributed by atoms with van der Waals surface area (Å²) in [6.07, 6.45) is 4.35. The Kier molecular flexibility index (Phi) is 3.95. The lowest BCUT2D eigenvalue weighted by Crippen LogP contribution is -2.29. The Morgan fingerprint density at radius 2 is 1.93 bits per heavy atom. The number of nitrogens with two attached hydrogens (primary N) is 1. The fourth-order valence-electron chi connectivity index (χ4n) is 3.32. The van der Waals surface area contributed by atoms with Crippen molar-refractivity contribution >= 4 is 45.8 Å². The van der Waals surface area contributed by atoms with Gasteiger partial charge in [0, 0.05) is 23.3 Å². The Bertz CT molecular complexity index is 1150. The first-order chi connectivity index (χ1) is 12.9. The fraction of sp³-hybridized carbons (Fsp3) is 0.158. The first-order valence-corrected chi connectivity index (χ1v) is 8.85. The van der Waals surface area contributed by atoms with E-state index in [0.29, 0.717) is 35.0 Å². The number of hydrogen-bond donors (Lipinski definition) is 2. The molecule has 1 aliphatic rings. The summed E-state index contributed by atoms with van der Waals surface area (Å²) in [5, 5.41) is 9.80. The number of nitrogens with zero attached hydrogens (tertiary/aromatic N) is 2. The van der Waals surface area contributed by atoms with E-state index in [2.05, 4.69) is 9.97 Å². The number of benzene rings is 1. The highest BCUT2D eigenvalue weighted by Crippen LogP contribution is 2.49. The third kappa shape index (κ3) is 2.59. The number of H-pyrrole nitrogens is 1. The number of halogens is 2. The smallest absolute Gasteiger partial charge is 0.229 e. The van der Waals surface area contributed by atoms with E-state index >= 15 is 0 Å². The highest BCUT2D eigenvalue weighted by atomic mass is 35.5. The summed E-state index contributed by atoms with van der Waals surface area (Å²) in [5.41, 5.74) is 6.65. The SMILES string of the molecule is N#Cc1cc(Cl)c(C(=O)c2c[nH]c3c(C4(C(N)=O)CC4)nccc23)c(Cl)c1. The van der Waals surface area contributed by atoms with Crippen molar-refractivity contribution in [1.29, 1.82) is 5.26 Å². The van der Waals surface area contributed by atoms with Crippen molar-refractivity contribution in [2.75, 3.05) is 0 Å². The predicted octanol–water partition coefficient (Wildman–Crippen LogP) is 3.49. The quantitative estimate of drug-likeness (QED) is 0.654.